The molecule has 1 amide bonds. The summed E-state index contributed by atoms with van der Waals surface area (Å²) < 4.78 is 19.7. The van der Waals surface area contributed by atoms with Crippen molar-refractivity contribution in [2.24, 2.45) is 0 Å². The highest BCUT2D eigenvalue weighted by Crippen LogP contribution is 2.31. The number of ether oxygens (including phenoxy) is 1. The van der Waals surface area contributed by atoms with Crippen molar-refractivity contribution in [3.05, 3.63) is 59.4 Å². The van der Waals surface area contributed by atoms with E-state index in [1.807, 2.05) is 0 Å². The Balaban J connectivity index is 0.00000341. The number of carbonyl (C=O) groups excluding carboxylic acids is 2. The summed E-state index contributed by atoms with van der Waals surface area (Å²) in [4.78, 5) is 33.8. The van der Waals surface area contributed by atoms with Crippen LogP contribution >= 0.6 is 23.7 Å². The van der Waals surface area contributed by atoms with Gasteiger partial charge in [-0.2, -0.15) is 0 Å². The second kappa shape index (κ2) is 11.2. The topological polar surface area (TPSA) is 62.7 Å². The van der Waals surface area contributed by atoms with E-state index in [-0.39, 0.29) is 35.0 Å². The van der Waals surface area contributed by atoms with Crippen LogP contribution < -0.4 is 4.90 Å². The van der Waals surface area contributed by atoms with Gasteiger partial charge in [0.25, 0.3) is 5.91 Å². The quantitative estimate of drug-likeness (QED) is 0.454. The summed E-state index contributed by atoms with van der Waals surface area (Å²) in [6.45, 7) is 6.76. The Hall–Kier alpha value is -2.55. The van der Waals surface area contributed by atoms with Crippen molar-refractivity contribution in [2.45, 2.75) is 13.8 Å². The first-order chi connectivity index (χ1) is 14.5. The third-order valence-electron chi connectivity index (χ3n) is 4.93. The van der Waals surface area contributed by atoms with Crippen molar-refractivity contribution in [1.29, 1.82) is 0 Å². The molecule has 0 aliphatic carbocycles. The van der Waals surface area contributed by atoms with Crippen LogP contribution in [0, 0.1) is 5.82 Å². The number of para-hydroxylation sites is 1. The zero-order valence-electron chi connectivity index (χ0n) is 17.6. The van der Waals surface area contributed by atoms with Gasteiger partial charge in [-0.25, -0.2) is 14.2 Å². The lowest BCUT2D eigenvalue weighted by molar-refractivity contribution is 0.0597. The minimum atomic E-state index is -0.585. The lowest BCUT2D eigenvalue weighted by atomic mass is 10.1. The normalized spacial score (nSPS) is 10.7. The number of aromatic nitrogens is 1. The molecule has 0 fully saturated rings. The summed E-state index contributed by atoms with van der Waals surface area (Å²) in [5, 5.41) is 0.395. The molecule has 0 aliphatic heterocycles. The Morgan fingerprint density at radius 2 is 1.71 bits per heavy atom. The number of likely N-dealkylation sites (N-methyl/N-ethyl adjacent to an activating group) is 1. The summed E-state index contributed by atoms with van der Waals surface area (Å²) >= 11 is 1.25. The molecule has 0 aliphatic rings. The number of halogens is 2. The van der Waals surface area contributed by atoms with E-state index in [1.165, 1.54) is 29.4 Å². The molecule has 1 heterocycles. The van der Waals surface area contributed by atoms with E-state index in [4.69, 9.17) is 4.74 Å². The van der Waals surface area contributed by atoms with Crippen LogP contribution in [-0.4, -0.2) is 55.0 Å². The highest BCUT2D eigenvalue weighted by molar-refractivity contribution is 7.22. The molecule has 0 saturated carbocycles. The van der Waals surface area contributed by atoms with Gasteiger partial charge in [0.1, 0.15) is 11.3 Å². The molecule has 6 nitrogen and oxygen atoms in total. The van der Waals surface area contributed by atoms with Crippen molar-refractivity contribution in [3.63, 3.8) is 0 Å². The van der Waals surface area contributed by atoms with Crippen LogP contribution in [0.4, 0.5) is 9.52 Å². The summed E-state index contributed by atoms with van der Waals surface area (Å²) in [6, 6.07) is 11.3. The predicted octanol–water partition coefficient (Wildman–Crippen LogP) is 4.63. The molecule has 1 aromatic heterocycles. The minimum absolute atomic E-state index is 0. The summed E-state index contributed by atoms with van der Waals surface area (Å²) in [5.74, 6) is -1.39. The largest absolute Gasteiger partial charge is 0.465 e. The van der Waals surface area contributed by atoms with Gasteiger partial charge in [-0.05, 0) is 37.4 Å². The van der Waals surface area contributed by atoms with Crippen molar-refractivity contribution in [3.8, 4) is 0 Å². The fourth-order valence-electron chi connectivity index (χ4n) is 3.19. The van der Waals surface area contributed by atoms with Crippen LogP contribution in [0.15, 0.2) is 42.5 Å². The van der Waals surface area contributed by atoms with Gasteiger partial charge in [0.15, 0.2) is 5.13 Å². The van der Waals surface area contributed by atoms with Crippen LogP contribution in [0.1, 0.15) is 34.6 Å². The maximum atomic E-state index is 14.2. The monoisotopic (exact) mass is 465 g/mol. The molecular weight excluding hydrogens is 441 g/mol. The number of rotatable bonds is 8. The Morgan fingerprint density at radius 1 is 1.03 bits per heavy atom. The number of methoxy groups -OCH3 is 1. The van der Waals surface area contributed by atoms with Crippen LogP contribution in [0.3, 0.4) is 0 Å². The van der Waals surface area contributed by atoms with E-state index < -0.39 is 11.8 Å². The van der Waals surface area contributed by atoms with Gasteiger partial charge in [-0.3, -0.25) is 9.69 Å². The average Bonchev–Trinajstić information content (AvgIpc) is 3.21. The molecule has 0 saturated heterocycles. The number of benzene rings is 2. The van der Waals surface area contributed by atoms with Crippen molar-refractivity contribution in [2.75, 3.05) is 38.2 Å². The second-order valence-corrected chi connectivity index (χ2v) is 7.61. The van der Waals surface area contributed by atoms with E-state index in [9.17, 15) is 14.0 Å². The zero-order chi connectivity index (χ0) is 21.7. The minimum Gasteiger partial charge on any atom is -0.465 e. The first-order valence-electron chi connectivity index (χ1n) is 9.76. The second-order valence-electron chi connectivity index (χ2n) is 6.60. The molecular formula is C22H25ClFN3O3S. The third-order valence-corrected chi connectivity index (χ3v) is 5.98. The first-order valence-corrected chi connectivity index (χ1v) is 10.6. The number of fused-ring (bicyclic) bond motifs is 1. The fraction of sp³-hybridized carbons (Fsp3) is 0.318. The average molecular weight is 466 g/mol. The van der Waals surface area contributed by atoms with E-state index in [2.05, 4.69) is 23.7 Å². The summed E-state index contributed by atoms with van der Waals surface area (Å²) in [6.07, 6.45) is 0. The van der Waals surface area contributed by atoms with Gasteiger partial charge < -0.3 is 9.64 Å². The Kier molecular flexibility index (Phi) is 8.91. The van der Waals surface area contributed by atoms with Crippen LogP contribution in [0.25, 0.3) is 10.2 Å². The molecule has 2 aromatic carbocycles. The smallest absolute Gasteiger partial charge is 0.338 e. The molecule has 31 heavy (non-hydrogen) atoms. The number of carbonyl (C=O) groups is 2. The van der Waals surface area contributed by atoms with E-state index in [0.29, 0.717) is 22.9 Å². The number of anilines is 1. The molecule has 0 spiro atoms. The Labute approximate surface area is 191 Å². The SMILES string of the molecule is CCN(CC)CCN(C(=O)c1ccccc1C(=O)OC)c1nc2c(F)cccc2s1.Cl. The number of hydrogen-bond acceptors (Lipinski definition) is 6. The molecule has 0 atom stereocenters. The van der Waals surface area contributed by atoms with E-state index >= 15 is 0 Å². The highest BCUT2D eigenvalue weighted by atomic mass is 35.5. The molecule has 0 N–H and O–H groups in total. The third kappa shape index (κ3) is 5.39. The molecule has 0 radical (unpaired) electrons. The molecule has 0 bridgehead atoms. The number of esters is 1. The number of nitrogens with zero attached hydrogens (tertiary/aromatic N) is 3. The predicted molar refractivity (Wildman–Crippen MR) is 124 cm³/mol. The van der Waals surface area contributed by atoms with Crippen molar-refractivity contribution in [1.82, 2.24) is 9.88 Å². The van der Waals surface area contributed by atoms with Crippen molar-refractivity contribution < 1.29 is 18.7 Å². The summed E-state index contributed by atoms with van der Waals surface area (Å²) in [5.41, 5.74) is 0.646. The first kappa shape index (κ1) is 24.7. The lowest BCUT2D eigenvalue weighted by Gasteiger charge is -2.25. The van der Waals surface area contributed by atoms with E-state index in [0.717, 1.165) is 13.1 Å². The molecule has 9 heteroatoms. The maximum absolute atomic E-state index is 14.2. The maximum Gasteiger partial charge on any atom is 0.338 e. The molecule has 0 unspecified atom stereocenters. The molecule has 166 valence electrons. The van der Waals surface area contributed by atoms with Crippen LogP contribution in [-0.2, 0) is 4.74 Å². The number of amides is 1. The standard InChI is InChI=1S/C22H24FN3O3S.ClH/c1-4-25(5-2)13-14-26(22-24-19-17(23)11-8-12-18(19)30-22)20(27)15-9-6-7-10-16(15)21(28)29-3;/h6-12H,4-5,13-14H2,1-3H3;1H. The van der Waals surface area contributed by atoms with Gasteiger partial charge in [-0.15, -0.1) is 12.4 Å². The van der Waals surface area contributed by atoms with Gasteiger partial charge in [0.2, 0.25) is 0 Å². The van der Waals surface area contributed by atoms with Gasteiger partial charge in [-0.1, -0.05) is 43.4 Å². The van der Waals surface area contributed by atoms with Gasteiger partial charge in [0, 0.05) is 13.1 Å². The van der Waals surface area contributed by atoms with Crippen LogP contribution in [0.5, 0.6) is 0 Å². The van der Waals surface area contributed by atoms with E-state index in [1.54, 1.807) is 36.4 Å². The number of hydrogen-bond donors (Lipinski definition) is 0. The number of thiazole rings is 1. The zero-order valence-corrected chi connectivity index (χ0v) is 19.3. The van der Waals surface area contributed by atoms with Crippen LogP contribution in [0.2, 0.25) is 0 Å². The summed E-state index contributed by atoms with van der Waals surface area (Å²) in [7, 11) is 1.28. The molecule has 3 rings (SSSR count). The molecule has 3 aromatic rings. The highest BCUT2D eigenvalue weighted by Gasteiger charge is 2.26. The van der Waals surface area contributed by atoms with Gasteiger partial charge in [0.05, 0.1) is 22.9 Å². The Morgan fingerprint density at radius 3 is 2.32 bits per heavy atom. The van der Waals surface area contributed by atoms with Crippen molar-refractivity contribution >= 4 is 51.0 Å². The lowest BCUT2D eigenvalue weighted by Crippen LogP contribution is -2.39. The Bertz CT molecular complexity index is 1060. The fourth-order valence-corrected chi connectivity index (χ4v) is 4.19. The van der Waals surface area contributed by atoms with Gasteiger partial charge >= 0.3 is 5.97 Å².